The van der Waals surface area contributed by atoms with Crippen molar-refractivity contribution in [1.29, 1.82) is 0 Å². The highest BCUT2D eigenvalue weighted by Gasteiger charge is 2.43. The summed E-state index contributed by atoms with van der Waals surface area (Å²) in [6, 6.07) is 19.1. The molecule has 480 valence electrons. The average Bonchev–Trinajstić information content (AvgIpc) is 0.731. The lowest BCUT2D eigenvalue weighted by Gasteiger charge is -2.34. The number of rotatable bonds is 10. The van der Waals surface area contributed by atoms with Gasteiger partial charge in [0.2, 0.25) is 0 Å². The Kier molecular flexibility index (Phi) is 16.8. The zero-order valence-corrected chi connectivity index (χ0v) is 46.0. The number of benzene rings is 8. The highest BCUT2D eigenvalue weighted by atomic mass is 19.4. The number of nitrogens with zero attached hydrogens (tertiary/aromatic N) is 3. The van der Waals surface area contributed by atoms with E-state index in [2.05, 4.69) is 9.97 Å². The van der Waals surface area contributed by atoms with Crippen molar-refractivity contribution in [2.75, 3.05) is 4.90 Å². The second-order valence-electron chi connectivity index (χ2n) is 20.7. The van der Waals surface area contributed by atoms with E-state index in [1.807, 2.05) is 0 Å². The Hall–Kier alpha value is -9.82. The maximum atomic E-state index is 15.1. The Labute approximate surface area is 508 Å². The van der Waals surface area contributed by atoms with E-state index >= 15 is 52.7 Å². The molecule has 8 aromatic carbocycles. The van der Waals surface area contributed by atoms with Gasteiger partial charge >= 0.3 is 49.4 Å². The van der Waals surface area contributed by atoms with E-state index in [1.54, 1.807) is 0 Å². The van der Waals surface area contributed by atoms with Crippen LogP contribution in [0.25, 0.3) is 77.9 Å². The normalized spacial score (nSPS) is 12.9. The third-order valence-electron chi connectivity index (χ3n) is 14.5. The van der Waals surface area contributed by atoms with Gasteiger partial charge in [0, 0.05) is 52.6 Å². The van der Waals surface area contributed by atoms with E-state index in [-0.39, 0.29) is 83.9 Å². The lowest BCUT2D eigenvalue weighted by molar-refractivity contribution is -0.144. The molecule has 10 rings (SSSR count). The van der Waals surface area contributed by atoms with Gasteiger partial charge in [0.15, 0.2) is 0 Å². The predicted octanol–water partition coefficient (Wildman–Crippen LogP) is 23.8. The zero-order valence-electron chi connectivity index (χ0n) is 46.0. The van der Waals surface area contributed by atoms with Crippen LogP contribution in [0, 0.1) is 0 Å². The standard InChI is InChI=1S/C66H33F24N3/c67-59(68,69)43-16-37(17-44(28-43)60(70,71)72)39-24-52(41-20-47(63(79,80)81)30-48(21-41)64(82,83)84)57(35-10-6-14-91-32-35)55(26-39)93(54-13-5-4-12-51(54)34-8-2-1-3-9-34)56-27-40(38-18-45(61(73,74)75)29-46(19-38)62(76,77)78)25-53(58(56)36-11-7-15-92-33-36)42-22-49(65(85,86)87)31-50(23-42)66(88,89)90/h1-33H. The molecule has 0 aliphatic carbocycles. The Morgan fingerprint density at radius 3 is 0.774 bits per heavy atom. The SMILES string of the molecule is FC(F)(F)c1cc(-c2cc(-c3cc(C(F)(F)F)cc(C(F)(F)F)c3)c(-c3cccnc3)c(N(c3ccccc3-c3ccccc3)c3cc(-c4cc(C(F)(F)F)cc(C(F)(F)F)c4)cc(-c4cc(C(F)(F)F)cc(C(F)(F)F)c4)c3-c3cccnc3)c2)cc(C(F)(F)F)c1. The number of hydrogen-bond donors (Lipinski definition) is 0. The summed E-state index contributed by atoms with van der Waals surface area (Å²) in [6.07, 6.45) is -41.4. The first-order chi connectivity index (χ1) is 43.1. The van der Waals surface area contributed by atoms with Crippen molar-refractivity contribution in [2.45, 2.75) is 49.4 Å². The summed E-state index contributed by atoms with van der Waals surface area (Å²) in [4.78, 5) is 8.99. The first-order valence-electron chi connectivity index (χ1n) is 26.5. The molecule has 0 saturated heterocycles. The molecule has 93 heavy (non-hydrogen) atoms. The van der Waals surface area contributed by atoms with Crippen molar-refractivity contribution in [2.24, 2.45) is 0 Å². The quantitative estimate of drug-likeness (QED) is 0.128. The molecule has 0 unspecified atom stereocenters. The van der Waals surface area contributed by atoms with Gasteiger partial charge in [0.25, 0.3) is 0 Å². The van der Waals surface area contributed by atoms with Crippen LogP contribution in [0.2, 0.25) is 0 Å². The van der Waals surface area contributed by atoms with E-state index in [0.717, 1.165) is 72.2 Å². The van der Waals surface area contributed by atoms with Gasteiger partial charge in [-0.1, -0.05) is 60.7 Å². The predicted molar refractivity (Wildman–Crippen MR) is 295 cm³/mol. The number of alkyl halides is 24. The molecule has 0 spiro atoms. The van der Waals surface area contributed by atoms with Crippen LogP contribution in [0.3, 0.4) is 0 Å². The van der Waals surface area contributed by atoms with Gasteiger partial charge in [0.1, 0.15) is 0 Å². The summed E-state index contributed by atoms with van der Waals surface area (Å²) >= 11 is 0. The molecule has 0 bridgehead atoms. The number of halogens is 24. The summed E-state index contributed by atoms with van der Waals surface area (Å²) in [7, 11) is 0. The monoisotopic (exact) mass is 1320 g/mol. The molecule has 0 atom stereocenters. The second kappa shape index (κ2) is 23.7. The number of aromatic nitrogens is 2. The molecule has 0 N–H and O–H groups in total. The third kappa shape index (κ3) is 14.2. The van der Waals surface area contributed by atoms with Crippen LogP contribution < -0.4 is 4.90 Å². The van der Waals surface area contributed by atoms with E-state index in [9.17, 15) is 52.7 Å². The smallest absolute Gasteiger partial charge is 0.309 e. The maximum absolute atomic E-state index is 15.1. The molecule has 0 fully saturated rings. The fraction of sp³-hybridized carbons (Fsp3) is 0.121. The number of hydrogen-bond acceptors (Lipinski definition) is 3. The molecular weight excluding hydrogens is 1290 g/mol. The summed E-state index contributed by atoms with van der Waals surface area (Å²) in [5.74, 6) is 0. The van der Waals surface area contributed by atoms with Crippen molar-refractivity contribution in [3.05, 3.63) is 245 Å². The Morgan fingerprint density at radius 1 is 0.215 bits per heavy atom. The van der Waals surface area contributed by atoms with Crippen LogP contribution in [0.4, 0.5) is 122 Å². The molecule has 0 amide bonds. The lowest BCUT2D eigenvalue weighted by atomic mass is 9.85. The highest BCUT2D eigenvalue weighted by molar-refractivity contribution is 6.06. The molecule has 3 nitrogen and oxygen atoms in total. The molecule has 2 aromatic heterocycles. The van der Waals surface area contributed by atoms with E-state index in [4.69, 9.17) is 0 Å². The second-order valence-corrected chi connectivity index (χ2v) is 20.7. The van der Waals surface area contributed by atoms with Crippen LogP contribution in [-0.2, 0) is 49.4 Å². The van der Waals surface area contributed by atoms with Gasteiger partial charge < -0.3 is 4.90 Å². The first-order valence-corrected chi connectivity index (χ1v) is 26.5. The van der Waals surface area contributed by atoms with Crippen LogP contribution in [0.5, 0.6) is 0 Å². The largest absolute Gasteiger partial charge is 0.416 e. The summed E-state index contributed by atoms with van der Waals surface area (Å²) in [5.41, 5.74) is -28.8. The van der Waals surface area contributed by atoms with Gasteiger partial charge in [-0.25, -0.2) is 0 Å². The lowest BCUT2D eigenvalue weighted by Crippen LogP contribution is -2.16. The van der Waals surface area contributed by atoms with Gasteiger partial charge in [-0.2, -0.15) is 105 Å². The highest BCUT2D eigenvalue weighted by Crippen LogP contribution is 2.56. The van der Waals surface area contributed by atoms with Gasteiger partial charge in [0.05, 0.1) is 61.6 Å². The zero-order chi connectivity index (χ0) is 67.8. The van der Waals surface area contributed by atoms with Crippen molar-refractivity contribution in [3.63, 3.8) is 0 Å². The molecule has 0 aliphatic heterocycles. The van der Waals surface area contributed by atoms with Crippen LogP contribution >= 0.6 is 0 Å². The van der Waals surface area contributed by atoms with E-state index < -0.39 is 178 Å². The molecule has 0 radical (unpaired) electrons. The number of pyridine rings is 2. The number of anilines is 3. The van der Waals surface area contributed by atoms with Gasteiger partial charge in [-0.05, 0) is 165 Å². The average molecular weight is 1320 g/mol. The van der Waals surface area contributed by atoms with Crippen molar-refractivity contribution in [3.8, 4) is 77.9 Å². The van der Waals surface area contributed by atoms with Gasteiger partial charge in [-0.15, -0.1) is 0 Å². The topological polar surface area (TPSA) is 29.0 Å². The fourth-order valence-electron chi connectivity index (χ4n) is 10.4. The summed E-state index contributed by atoms with van der Waals surface area (Å²) in [5, 5.41) is 0. The fourth-order valence-corrected chi connectivity index (χ4v) is 10.4. The minimum atomic E-state index is -5.69. The Morgan fingerprint density at radius 2 is 0.484 bits per heavy atom. The molecule has 0 aliphatic rings. The molecular formula is C66H33F24N3. The first kappa shape index (κ1) is 66.1. The minimum Gasteiger partial charge on any atom is -0.309 e. The maximum Gasteiger partial charge on any atom is 0.416 e. The van der Waals surface area contributed by atoms with Crippen molar-refractivity contribution in [1.82, 2.24) is 9.97 Å². The Balaban J connectivity index is 1.54. The summed E-state index contributed by atoms with van der Waals surface area (Å²) in [6.45, 7) is 0. The van der Waals surface area contributed by atoms with Crippen molar-refractivity contribution >= 4 is 17.1 Å². The van der Waals surface area contributed by atoms with Crippen molar-refractivity contribution < 1.29 is 105 Å². The molecule has 10 aromatic rings. The molecule has 27 heteroatoms. The van der Waals surface area contributed by atoms with Crippen LogP contribution in [0.15, 0.2) is 201 Å². The number of para-hydroxylation sites is 1. The van der Waals surface area contributed by atoms with Crippen LogP contribution in [0.1, 0.15) is 44.5 Å². The Bertz CT molecular complexity index is 4050. The van der Waals surface area contributed by atoms with Crippen LogP contribution in [-0.4, -0.2) is 9.97 Å². The van der Waals surface area contributed by atoms with E-state index in [0.29, 0.717) is 12.1 Å². The molecule has 0 saturated carbocycles. The third-order valence-corrected chi connectivity index (χ3v) is 14.5. The summed E-state index contributed by atoms with van der Waals surface area (Å²) < 4.78 is 360. The molecule has 2 heterocycles. The van der Waals surface area contributed by atoms with E-state index in [1.165, 1.54) is 48.5 Å². The van der Waals surface area contributed by atoms with Gasteiger partial charge in [-0.3, -0.25) is 9.97 Å². The minimum absolute atomic E-state index is 0.0833.